The van der Waals surface area contributed by atoms with E-state index in [1.807, 2.05) is 24.3 Å². The zero-order chi connectivity index (χ0) is 12.6. The topological polar surface area (TPSA) is 51.0 Å². The minimum absolute atomic E-state index is 0.0352. The molecule has 3 rings (SSSR count). The summed E-state index contributed by atoms with van der Waals surface area (Å²) in [6.45, 7) is 4.05. The molecule has 0 saturated carbocycles. The molecule has 0 aliphatic carbocycles. The second-order valence-corrected chi connectivity index (χ2v) is 5.74. The maximum atomic E-state index is 5.44. The number of halogens is 1. The second kappa shape index (κ2) is 4.48. The van der Waals surface area contributed by atoms with Crippen LogP contribution in [-0.4, -0.2) is 23.2 Å². The summed E-state index contributed by atoms with van der Waals surface area (Å²) in [5, 5.41) is 7.43. The molecule has 2 aromatic rings. The fourth-order valence-corrected chi connectivity index (χ4v) is 2.68. The highest BCUT2D eigenvalue weighted by atomic mass is 79.9. The van der Waals surface area contributed by atoms with Gasteiger partial charge in [-0.3, -0.25) is 0 Å². The fraction of sp³-hybridized carbons (Fsp3) is 0.385. The van der Waals surface area contributed by atoms with Crippen molar-refractivity contribution < 1.29 is 4.52 Å². The van der Waals surface area contributed by atoms with Crippen molar-refractivity contribution in [3.63, 3.8) is 0 Å². The molecule has 2 heterocycles. The van der Waals surface area contributed by atoms with Gasteiger partial charge < -0.3 is 9.84 Å². The smallest absolute Gasteiger partial charge is 0.234 e. The molecule has 94 valence electrons. The predicted molar refractivity (Wildman–Crippen MR) is 72.3 cm³/mol. The summed E-state index contributed by atoms with van der Waals surface area (Å²) in [4.78, 5) is 4.55. The Morgan fingerprint density at radius 2 is 2.22 bits per heavy atom. The van der Waals surface area contributed by atoms with Crippen LogP contribution in [0.25, 0.3) is 11.4 Å². The first-order valence-corrected chi connectivity index (χ1v) is 6.78. The molecular weight excluding hydrogens is 294 g/mol. The number of nitrogens with one attached hydrogen (secondary N) is 1. The summed E-state index contributed by atoms with van der Waals surface area (Å²) in [7, 11) is 0. The SMILES string of the molecule is CC1(c2nc(-c3ccccc3Br)no2)CCNC1. The van der Waals surface area contributed by atoms with Gasteiger partial charge in [0.15, 0.2) is 0 Å². The van der Waals surface area contributed by atoms with Gasteiger partial charge in [0, 0.05) is 16.6 Å². The third-order valence-electron chi connectivity index (χ3n) is 3.43. The van der Waals surface area contributed by atoms with Gasteiger partial charge in [0.25, 0.3) is 0 Å². The molecule has 1 N–H and O–H groups in total. The lowest BCUT2D eigenvalue weighted by Crippen LogP contribution is -2.25. The average Bonchev–Trinajstić information content (AvgIpc) is 2.99. The third kappa shape index (κ3) is 1.97. The molecular formula is C13H14BrN3O. The molecule has 1 aromatic carbocycles. The van der Waals surface area contributed by atoms with Crippen molar-refractivity contribution in [3.05, 3.63) is 34.6 Å². The van der Waals surface area contributed by atoms with Crippen LogP contribution in [0.2, 0.25) is 0 Å². The molecule has 0 amide bonds. The molecule has 0 spiro atoms. The van der Waals surface area contributed by atoms with Crippen LogP contribution in [-0.2, 0) is 5.41 Å². The first kappa shape index (κ1) is 11.9. The highest BCUT2D eigenvalue weighted by Gasteiger charge is 2.36. The minimum Gasteiger partial charge on any atom is -0.338 e. The summed E-state index contributed by atoms with van der Waals surface area (Å²) >= 11 is 3.51. The maximum absolute atomic E-state index is 5.44. The number of hydrogen-bond acceptors (Lipinski definition) is 4. The van der Waals surface area contributed by atoms with Gasteiger partial charge in [0.05, 0.1) is 5.41 Å². The Kier molecular flexibility index (Phi) is 2.95. The van der Waals surface area contributed by atoms with Gasteiger partial charge in [-0.2, -0.15) is 4.98 Å². The lowest BCUT2D eigenvalue weighted by molar-refractivity contribution is 0.306. The van der Waals surface area contributed by atoms with E-state index in [1.165, 1.54) is 0 Å². The normalized spacial score (nSPS) is 23.4. The van der Waals surface area contributed by atoms with Crippen LogP contribution < -0.4 is 5.32 Å². The Morgan fingerprint density at radius 3 is 2.94 bits per heavy atom. The quantitative estimate of drug-likeness (QED) is 0.927. The molecule has 1 aromatic heterocycles. The number of aromatic nitrogens is 2. The van der Waals surface area contributed by atoms with Crippen LogP contribution in [0.3, 0.4) is 0 Å². The summed E-state index contributed by atoms with van der Waals surface area (Å²) in [6, 6.07) is 7.89. The summed E-state index contributed by atoms with van der Waals surface area (Å²) in [6.07, 6.45) is 1.03. The van der Waals surface area contributed by atoms with Gasteiger partial charge >= 0.3 is 0 Å². The average molecular weight is 308 g/mol. The molecule has 18 heavy (non-hydrogen) atoms. The zero-order valence-electron chi connectivity index (χ0n) is 10.1. The Labute approximate surface area is 114 Å². The third-order valence-corrected chi connectivity index (χ3v) is 4.12. The molecule has 5 heteroatoms. The molecule has 1 unspecified atom stereocenters. The monoisotopic (exact) mass is 307 g/mol. The number of hydrogen-bond donors (Lipinski definition) is 1. The van der Waals surface area contributed by atoms with E-state index in [1.54, 1.807) is 0 Å². The van der Waals surface area contributed by atoms with E-state index in [0.717, 1.165) is 35.4 Å². The lowest BCUT2D eigenvalue weighted by atomic mass is 9.90. The van der Waals surface area contributed by atoms with E-state index < -0.39 is 0 Å². The fourth-order valence-electron chi connectivity index (χ4n) is 2.22. The van der Waals surface area contributed by atoms with Crippen LogP contribution in [0.4, 0.5) is 0 Å². The van der Waals surface area contributed by atoms with Gasteiger partial charge in [-0.1, -0.05) is 33.2 Å². The van der Waals surface area contributed by atoms with Crippen LogP contribution in [0.15, 0.2) is 33.3 Å². The highest BCUT2D eigenvalue weighted by molar-refractivity contribution is 9.10. The van der Waals surface area contributed by atoms with Crippen molar-refractivity contribution in [2.24, 2.45) is 0 Å². The Hall–Kier alpha value is -1.20. The predicted octanol–water partition coefficient (Wildman–Crippen LogP) is 2.75. The Morgan fingerprint density at radius 1 is 1.39 bits per heavy atom. The van der Waals surface area contributed by atoms with Crippen molar-refractivity contribution in [1.82, 2.24) is 15.5 Å². The molecule has 1 aliphatic rings. The minimum atomic E-state index is -0.0352. The number of rotatable bonds is 2. The highest BCUT2D eigenvalue weighted by Crippen LogP contribution is 2.31. The van der Waals surface area contributed by atoms with Crippen molar-refractivity contribution in [2.75, 3.05) is 13.1 Å². The first-order valence-electron chi connectivity index (χ1n) is 5.99. The molecule has 1 aliphatic heterocycles. The molecule has 4 nitrogen and oxygen atoms in total. The molecule has 0 radical (unpaired) electrons. The van der Waals surface area contributed by atoms with Gasteiger partial charge in [-0.15, -0.1) is 0 Å². The largest absolute Gasteiger partial charge is 0.338 e. The Balaban J connectivity index is 1.97. The van der Waals surface area contributed by atoms with Crippen molar-refractivity contribution in [1.29, 1.82) is 0 Å². The molecule has 1 saturated heterocycles. The van der Waals surface area contributed by atoms with Gasteiger partial charge in [0.2, 0.25) is 11.7 Å². The van der Waals surface area contributed by atoms with Crippen LogP contribution in [0.1, 0.15) is 19.2 Å². The van der Waals surface area contributed by atoms with Crippen molar-refractivity contribution in [3.8, 4) is 11.4 Å². The van der Waals surface area contributed by atoms with E-state index in [0.29, 0.717) is 5.82 Å². The van der Waals surface area contributed by atoms with E-state index in [4.69, 9.17) is 4.52 Å². The number of nitrogens with zero attached hydrogens (tertiary/aromatic N) is 2. The van der Waals surface area contributed by atoms with E-state index in [2.05, 4.69) is 38.3 Å². The maximum Gasteiger partial charge on any atom is 0.234 e. The van der Waals surface area contributed by atoms with Crippen LogP contribution in [0, 0.1) is 0 Å². The zero-order valence-corrected chi connectivity index (χ0v) is 11.7. The Bertz CT molecular complexity index is 561. The summed E-state index contributed by atoms with van der Waals surface area (Å²) < 4.78 is 6.42. The van der Waals surface area contributed by atoms with Crippen LogP contribution >= 0.6 is 15.9 Å². The van der Waals surface area contributed by atoms with Crippen LogP contribution in [0.5, 0.6) is 0 Å². The van der Waals surface area contributed by atoms with E-state index in [9.17, 15) is 0 Å². The second-order valence-electron chi connectivity index (χ2n) is 4.89. The van der Waals surface area contributed by atoms with Gasteiger partial charge in [0.1, 0.15) is 0 Å². The van der Waals surface area contributed by atoms with Crippen molar-refractivity contribution >= 4 is 15.9 Å². The van der Waals surface area contributed by atoms with Gasteiger partial charge in [-0.05, 0) is 32.0 Å². The van der Waals surface area contributed by atoms with E-state index in [-0.39, 0.29) is 5.41 Å². The molecule has 1 fully saturated rings. The standard InChI is InChI=1S/C13H14BrN3O/c1-13(6-7-15-8-13)12-16-11(17-18-12)9-4-2-3-5-10(9)14/h2-5,15H,6-8H2,1H3. The lowest BCUT2D eigenvalue weighted by Gasteiger charge is -2.15. The number of benzene rings is 1. The summed E-state index contributed by atoms with van der Waals surface area (Å²) in [5.41, 5.74) is 0.925. The molecule has 1 atom stereocenters. The first-order chi connectivity index (χ1) is 8.69. The van der Waals surface area contributed by atoms with Crippen molar-refractivity contribution in [2.45, 2.75) is 18.8 Å². The summed E-state index contributed by atoms with van der Waals surface area (Å²) in [5.74, 6) is 1.36. The van der Waals surface area contributed by atoms with E-state index >= 15 is 0 Å². The molecule has 0 bridgehead atoms. The van der Waals surface area contributed by atoms with Gasteiger partial charge in [-0.25, -0.2) is 0 Å².